The molecule has 30 heavy (non-hydrogen) atoms. The van der Waals surface area contributed by atoms with Crippen LogP contribution in [0.4, 0.5) is 0 Å². The van der Waals surface area contributed by atoms with Gasteiger partial charge in [-0.3, -0.25) is 0 Å². The maximum atomic E-state index is 12.0. The lowest BCUT2D eigenvalue weighted by Gasteiger charge is -2.23. The van der Waals surface area contributed by atoms with Gasteiger partial charge in [0.1, 0.15) is 5.60 Å². The summed E-state index contributed by atoms with van der Waals surface area (Å²) in [4.78, 5) is 12.0. The van der Waals surface area contributed by atoms with Crippen molar-refractivity contribution >= 4 is 5.97 Å². The molecule has 1 atom stereocenters. The van der Waals surface area contributed by atoms with Crippen LogP contribution in [0, 0.1) is 0 Å². The second-order valence-electron chi connectivity index (χ2n) is 8.15. The number of rotatable bonds is 16. The minimum absolute atomic E-state index is 0.264. The van der Waals surface area contributed by atoms with Crippen molar-refractivity contribution in [2.24, 2.45) is 0 Å². The average molecular weight is 417 g/mol. The van der Waals surface area contributed by atoms with E-state index in [0.29, 0.717) is 13.0 Å². The summed E-state index contributed by atoms with van der Waals surface area (Å²) >= 11 is 0. The lowest BCUT2D eigenvalue weighted by atomic mass is 10.2. The van der Waals surface area contributed by atoms with Crippen LogP contribution in [0.15, 0.2) is 60.8 Å². The van der Waals surface area contributed by atoms with Crippen molar-refractivity contribution in [2.75, 3.05) is 6.61 Å². The summed E-state index contributed by atoms with van der Waals surface area (Å²) in [5.41, 5.74) is -0.470. The molecule has 0 aliphatic carbocycles. The Labute approximate surface area is 185 Å². The molecule has 0 rings (SSSR count). The van der Waals surface area contributed by atoms with E-state index in [1.807, 2.05) is 27.7 Å². The summed E-state index contributed by atoms with van der Waals surface area (Å²) in [6.45, 7) is 10.3. The largest absolute Gasteiger partial charge is 0.458 e. The molecule has 0 aromatic heterocycles. The van der Waals surface area contributed by atoms with Gasteiger partial charge in [0, 0.05) is 6.61 Å². The fourth-order valence-corrected chi connectivity index (χ4v) is 2.52. The third-order valence-corrected chi connectivity index (χ3v) is 4.03. The lowest BCUT2D eigenvalue weighted by Crippen LogP contribution is -2.33. The monoisotopic (exact) mass is 416 g/mol. The fraction of sp³-hybridized carbons (Fsp3) is 0.593. The number of unbranched alkanes of at least 4 members (excludes halogenated alkanes) is 1. The molecule has 0 aliphatic rings. The normalized spacial score (nSPS) is 14.2. The molecule has 0 saturated heterocycles. The van der Waals surface area contributed by atoms with Gasteiger partial charge in [-0.25, -0.2) is 4.79 Å². The number of carbonyl (C=O) groups excluding carboxylic acids is 1. The molecule has 0 radical (unpaired) electrons. The predicted molar refractivity (Wildman–Crippen MR) is 130 cm³/mol. The van der Waals surface area contributed by atoms with E-state index in [9.17, 15) is 4.79 Å². The average Bonchev–Trinajstić information content (AvgIpc) is 2.68. The van der Waals surface area contributed by atoms with Gasteiger partial charge in [0.05, 0.1) is 0 Å². The second kappa shape index (κ2) is 19.1. The van der Waals surface area contributed by atoms with Crippen molar-refractivity contribution < 1.29 is 14.3 Å². The molecule has 170 valence electrons. The zero-order valence-electron chi connectivity index (χ0n) is 19.9. The third-order valence-electron chi connectivity index (χ3n) is 4.03. The van der Waals surface area contributed by atoms with Crippen molar-refractivity contribution in [3.8, 4) is 0 Å². The number of hydrogen-bond donors (Lipinski definition) is 0. The van der Waals surface area contributed by atoms with Gasteiger partial charge in [0.15, 0.2) is 6.10 Å². The van der Waals surface area contributed by atoms with Gasteiger partial charge in [0.25, 0.3) is 0 Å². The number of carbonyl (C=O) groups is 1. The van der Waals surface area contributed by atoms with E-state index in [1.54, 1.807) is 0 Å². The molecule has 3 nitrogen and oxygen atoms in total. The number of hydrogen-bond acceptors (Lipinski definition) is 3. The highest BCUT2D eigenvalue weighted by Gasteiger charge is 2.24. The van der Waals surface area contributed by atoms with Crippen molar-refractivity contribution in [3.63, 3.8) is 0 Å². The van der Waals surface area contributed by atoms with Crippen molar-refractivity contribution in [2.45, 2.75) is 97.7 Å². The Kier molecular flexibility index (Phi) is 17.9. The highest BCUT2D eigenvalue weighted by Crippen LogP contribution is 2.12. The Morgan fingerprint density at radius 1 is 0.767 bits per heavy atom. The maximum Gasteiger partial charge on any atom is 0.335 e. The first-order valence-corrected chi connectivity index (χ1v) is 11.5. The first-order chi connectivity index (χ1) is 14.4. The molecular weight excluding hydrogens is 372 g/mol. The Balaban J connectivity index is 3.73. The van der Waals surface area contributed by atoms with E-state index in [2.05, 4.69) is 67.7 Å². The molecule has 0 N–H and O–H groups in total. The molecule has 1 unspecified atom stereocenters. The summed E-state index contributed by atoms with van der Waals surface area (Å²) < 4.78 is 11.1. The minimum Gasteiger partial charge on any atom is -0.458 e. The summed E-state index contributed by atoms with van der Waals surface area (Å²) in [7, 11) is 0. The smallest absolute Gasteiger partial charge is 0.335 e. The van der Waals surface area contributed by atoms with Crippen LogP contribution in [-0.4, -0.2) is 24.3 Å². The molecule has 0 heterocycles. The number of ether oxygens (including phenoxy) is 2. The summed E-state index contributed by atoms with van der Waals surface area (Å²) in [5, 5.41) is 0. The van der Waals surface area contributed by atoms with Gasteiger partial charge in [-0.2, -0.15) is 0 Å². The van der Waals surface area contributed by atoms with Crippen LogP contribution in [0.5, 0.6) is 0 Å². The molecule has 0 aromatic carbocycles. The van der Waals surface area contributed by atoms with E-state index in [4.69, 9.17) is 9.47 Å². The number of esters is 1. The van der Waals surface area contributed by atoms with Crippen LogP contribution < -0.4 is 0 Å². The van der Waals surface area contributed by atoms with E-state index in [-0.39, 0.29) is 5.97 Å². The first kappa shape index (κ1) is 28.1. The molecule has 0 spiro atoms. The zero-order chi connectivity index (χ0) is 22.5. The van der Waals surface area contributed by atoms with Crippen molar-refractivity contribution in [3.05, 3.63) is 60.8 Å². The van der Waals surface area contributed by atoms with Crippen LogP contribution in [0.2, 0.25) is 0 Å². The third kappa shape index (κ3) is 19.4. The standard InChI is InChI=1S/C27H44O3/c1-6-8-9-10-11-12-13-14-15-16-17-18-19-20-21-22-23-24-29-25(7-2)26(28)30-27(3,4)5/h8-9,11-12,14-15,17-18,20-21,25H,6-7,10,13,16,19,22-24H2,1-5H3/b9-8-,12-11-,15-14-,18-17-,21-20-. The quantitative estimate of drug-likeness (QED) is 0.147. The first-order valence-electron chi connectivity index (χ1n) is 11.5. The van der Waals surface area contributed by atoms with Gasteiger partial charge >= 0.3 is 5.97 Å². The summed E-state index contributed by atoms with van der Waals surface area (Å²) in [6.07, 6.45) is 29.1. The van der Waals surface area contributed by atoms with Crippen LogP contribution >= 0.6 is 0 Å². The van der Waals surface area contributed by atoms with Gasteiger partial charge in [-0.1, -0.05) is 74.6 Å². The molecule has 0 saturated carbocycles. The van der Waals surface area contributed by atoms with Crippen molar-refractivity contribution in [1.82, 2.24) is 0 Å². The summed E-state index contributed by atoms with van der Waals surface area (Å²) in [6, 6.07) is 0. The van der Waals surface area contributed by atoms with Crippen LogP contribution in [0.3, 0.4) is 0 Å². The van der Waals surface area contributed by atoms with Gasteiger partial charge in [-0.05, 0) is 72.1 Å². The second-order valence-corrected chi connectivity index (χ2v) is 8.15. The summed E-state index contributed by atoms with van der Waals surface area (Å²) in [5.74, 6) is -0.264. The Bertz CT molecular complexity index is 559. The van der Waals surface area contributed by atoms with Gasteiger partial charge in [0.2, 0.25) is 0 Å². The molecule has 0 aromatic rings. The zero-order valence-corrected chi connectivity index (χ0v) is 19.9. The van der Waals surface area contributed by atoms with E-state index >= 15 is 0 Å². The molecule has 0 aliphatic heterocycles. The maximum absolute atomic E-state index is 12.0. The van der Waals surface area contributed by atoms with Gasteiger partial charge < -0.3 is 9.47 Å². The molecular formula is C27H44O3. The molecule has 0 fully saturated rings. The molecule has 3 heteroatoms. The molecule has 0 amide bonds. The lowest BCUT2D eigenvalue weighted by molar-refractivity contribution is -0.168. The van der Waals surface area contributed by atoms with Crippen LogP contribution in [0.1, 0.15) is 86.0 Å². The van der Waals surface area contributed by atoms with Crippen LogP contribution in [-0.2, 0) is 14.3 Å². The fourth-order valence-electron chi connectivity index (χ4n) is 2.52. The Morgan fingerprint density at radius 3 is 1.67 bits per heavy atom. The predicted octanol–water partition coefficient (Wildman–Crippen LogP) is 7.65. The Morgan fingerprint density at radius 2 is 1.23 bits per heavy atom. The highest BCUT2D eigenvalue weighted by atomic mass is 16.6. The Hall–Kier alpha value is -1.87. The van der Waals surface area contributed by atoms with Crippen molar-refractivity contribution in [1.29, 1.82) is 0 Å². The van der Waals surface area contributed by atoms with E-state index in [0.717, 1.165) is 44.9 Å². The number of allylic oxidation sites excluding steroid dienone is 10. The van der Waals surface area contributed by atoms with Gasteiger partial charge in [-0.15, -0.1) is 0 Å². The highest BCUT2D eigenvalue weighted by molar-refractivity contribution is 5.75. The van der Waals surface area contributed by atoms with E-state index in [1.165, 1.54) is 0 Å². The topological polar surface area (TPSA) is 35.5 Å². The minimum atomic E-state index is -0.470. The molecule has 0 bridgehead atoms. The SMILES string of the molecule is CC/C=C\C/C=C\C/C=C\C/C=C\C/C=C\CCCOC(CC)C(=O)OC(C)(C)C. The van der Waals surface area contributed by atoms with Crippen LogP contribution in [0.25, 0.3) is 0 Å². The van der Waals surface area contributed by atoms with E-state index < -0.39 is 11.7 Å².